The molecule has 2 saturated carbocycles. The fourth-order valence-corrected chi connectivity index (χ4v) is 3.57. The topological polar surface area (TPSA) is 72.0 Å². The molecule has 1 aromatic heterocycles. The Morgan fingerprint density at radius 3 is 2.67 bits per heavy atom. The van der Waals surface area contributed by atoms with E-state index in [1.165, 1.54) is 6.42 Å². The third kappa shape index (κ3) is 2.09. The summed E-state index contributed by atoms with van der Waals surface area (Å²) < 4.78 is 26.1. The van der Waals surface area contributed by atoms with Gasteiger partial charge in [0.05, 0.1) is 10.9 Å². The maximum absolute atomic E-state index is 11.8. The van der Waals surface area contributed by atoms with E-state index in [1.54, 1.807) is 6.20 Å². The van der Waals surface area contributed by atoms with Gasteiger partial charge in [0.25, 0.3) is 0 Å². The minimum Gasteiger partial charge on any atom is -0.251 e. The predicted molar refractivity (Wildman–Crippen MR) is 68.8 cm³/mol. The van der Waals surface area contributed by atoms with Gasteiger partial charge in [-0.3, -0.25) is 4.72 Å². The smallest absolute Gasteiger partial charge is 0.237 e. The van der Waals surface area contributed by atoms with Crippen molar-refractivity contribution in [2.45, 2.75) is 49.7 Å². The number of hydrogen-bond acceptors (Lipinski definition) is 4. The van der Waals surface area contributed by atoms with Crippen molar-refractivity contribution < 1.29 is 8.42 Å². The number of anilines is 1. The van der Waals surface area contributed by atoms with Crippen LogP contribution in [-0.4, -0.2) is 23.6 Å². The molecule has 1 heterocycles. The molecular formula is C12H17N3O2S. The van der Waals surface area contributed by atoms with E-state index >= 15 is 0 Å². The molecule has 18 heavy (non-hydrogen) atoms. The van der Waals surface area contributed by atoms with Crippen LogP contribution < -0.4 is 4.72 Å². The molecule has 0 unspecified atom stereocenters. The molecule has 0 amide bonds. The van der Waals surface area contributed by atoms with Gasteiger partial charge in [0.1, 0.15) is 0 Å². The van der Waals surface area contributed by atoms with Gasteiger partial charge in [-0.2, -0.15) is 0 Å². The first kappa shape index (κ1) is 11.9. The molecule has 3 rings (SSSR count). The Morgan fingerprint density at radius 2 is 2.11 bits per heavy atom. The molecule has 0 spiro atoms. The van der Waals surface area contributed by atoms with Crippen LogP contribution in [0, 0.1) is 0 Å². The molecule has 0 bridgehead atoms. The number of rotatable bonds is 4. The van der Waals surface area contributed by atoms with Gasteiger partial charge in [0, 0.05) is 11.6 Å². The van der Waals surface area contributed by atoms with Crippen LogP contribution in [0.5, 0.6) is 0 Å². The van der Waals surface area contributed by atoms with Crippen molar-refractivity contribution in [3.8, 4) is 0 Å². The molecule has 2 fully saturated rings. The van der Waals surface area contributed by atoms with Crippen LogP contribution >= 0.6 is 0 Å². The Hall–Kier alpha value is -1.17. The van der Waals surface area contributed by atoms with Crippen molar-refractivity contribution in [2.75, 3.05) is 4.72 Å². The van der Waals surface area contributed by atoms with Crippen LogP contribution in [0.2, 0.25) is 0 Å². The summed E-state index contributed by atoms with van der Waals surface area (Å²) >= 11 is 0. The lowest BCUT2D eigenvalue weighted by molar-refractivity contribution is 0.264. The molecule has 6 heteroatoms. The molecule has 1 aromatic rings. The van der Waals surface area contributed by atoms with E-state index in [2.05, 4.69) is 21.6 Å². The van der Waals surface area contributed by atoms with Gasteiger partial charge in [0.2, 0.25) is 16.0 Å². The first-order valence-corrected chi connectivity index (χ1v) is 7.89. The highest BCUT2D eigenvalue weighted by molar-refractivity contribution is 7.93. The maximum Gasteiger partial charge on any atom is 0.237 e. The lowest BCUT2D eigenvalue weighted by Gasteiger charge is -2.37. The van der Waals surface area contributed by atoms with Gasteiger partial charge >= 0.3 is 0 Å². The lowest BCUT2D eigenvalue weighted by Crippen LogP contribution is -2.32. The van der Waals surface area contributed by atoms with Gasteiger partial charge in [-0.15, -0.1) is 0 Å². The SMILES string of the molecule is CC1(c2ccnc(NS(=O)(=O)C3CC3)n2)CCC1. The largest absolute Gasteiger partial charge is 0.251 e. The van der Waals surface area contributed by atoms with Crippen molar-refractivity contribution >= 4 is 16.0 Å². The molecule has 0 aromatic carbocycles. The van der Waals surface area contributed by atoms with Crippen LogP contribution in [0.25, 0.3) is 0 Å². The lowest BCUT2D eigenvalue weighted by atomic mass is 9.68. The van der Waals surface area contributed by atoms with Gasteiger partial charge in [-0.25, -0.2) is 18.4 Å². The average molecular weight is 267 g/mol. The zero-order valence-corrected chi connectivity index (χ0v) is 11.2. The van der Waals surface area contributed by atoms with Crippen molar-refractivity contribution in [1.82, 2.24) is 9.97 Å². The third-order valence-electron chi connectivity index (χ3n) is 3.93. The van der Waals surface area contributed by atoms with Crippen LogP contribution in [-0.2, 0) is 15.4 Å². The molecule has 2 aliphatic carbocycles. The number of hydrogen-bond donors (Lipinski definition) is 1. The van der Waals surface area contributed by atoms with E-state index in [4.69, 9.17) is 0 Å². The van der Waals surface area contributed by atoms with Crippen LogP contribution in [0.3, 0.4) is 0 Å². The summed E-state index contributed by atoms with van der Waals surface area (Å²) in [6.07, 6.45) is 6.55. The Balaban J connectivity index is 1.83. The molecular weight excluding hydrogens is 250 g/mol. The summed E-state index contributed by atoms with van der Waals surface area (Å²) in [4.78, 5) is 8.37. The van der Waals surface area contributed by atoms with Crippen molar-refractivity contribution in [3.63, 3.8) is 0 Å². The highest BCUT2D eigenvalue weighted by Gasteiger charge is 2.37. The number of nitrogens with zero attached hydrogens (tertiary/aromatic N) is 2. The van der Waals surface area contributed by atoms with Crippen LogP contribution in [0.1, 0.15) is 44.7 Å². The molecule has 0 saturated heterocycles. The normalized spacial score (nSPS) is 22.3. The van der Waals surface area contributed by atoms with E-state index in [-0.39, 0.29) is 16.6 Å². The second-order valence-electron chi connectivity index (χ2n) is 5.53. The average Bonchev–Trinajstić information content (AvgIpc) is 3.09. The van der Waals surface area contributed by atoms with Crippen molar-refractivity contribution in [2.24, 2.45) is 0 Å². The van der Waals surface area contributed by atoms with Gasteiger partial charge in [-0.05, 0) is 31.7 Å². The van der Waals surface area contributed by atoms with Crippen LogP contribution in [0.4, 0.5) is 5.95 Å². The van der Waals surface area contributed by atoms with E-state index in [0.717, 1.165) is 31.4 Å². The Kier molecular flexibility index (Phi) is 2.59. The summed E-state index contributed by atoms with van der Waals surface area (Å²) in [5, 5.41) is -0.246. The first-order valence-electron chi connectivity index (χ1n) is 6.35. The summed E-state index contributed by atoms with van der Waals surface area (Å²) in [6.45, 7) is 2.16. The second-order valence-corrected chi connectivity index (χ2v) is 7.49. The standard InChI is InChI=1S/C12H17N3O2S/c1-12(6-2-7-12)10-5-8-13-11(14-10)15-18(16,17)9-3-4-9/h5,8-9H,2-4,6-7H2,1H3,(H,13,14,15). The van der Waals surface area contributed by atoms with E-state index in [0.29, 0.717) is 0 Å². The second kappa shape index (κ2) is 3.91. The molecule has 0 aliphatic heterocycles. The minimum atomic E-state index is -3.27. The third-order valence-corrected chi connectivity index (χ3v) is 5.74. The highest BCUT2D eigenvalue weighted by atomic mass is 32.2. The zero-order valence-electron chi connectivity index (χ0n) is 10.4. The quantitative estimate of drug-likeness (QED) is 0.903. The van der Waals surface area contributed by atoms with Gasteiger partial charge in [-0.1, -0.05) is 13.3 Å². The van der Waals surface area contributed by atoms with Gasteiger partial charge < -0.3 is 0 Å². The summed E-state index contributed by atoms with van der Waals surface area (Å²) in [5.41, 5.74) is 1.04. The van der Waals surface area contributed by atoms with E-state index in [1.807, 2.05) is 6.07 Å². The summed E-state index contributed by atoms with van der Waals surface area (Å²) in [7, 11) is -3.27. The number of sulfonamides is 1. The highest BCUT2D eigenvalue weighted by Crippen LogP contribution is 2.42. The summed E-state index contributed by atoms with van der Waals surface area (Å²) in [5.74, 6) is 0.215. The van der Waals surface area contributed by atoms with E-state index < -0.39 is 10.0 Å². The first-order chi connectivity index (χ1) is 8.50. The Labute approximate surface area is 107 Å². The molecule has 5 nitrogen and oxygen atoms in total. The zero-order chi connectivity index (χ0) is 12.8. The fourth-order valence-electron chi connectivity index (χ4n) is 2.30. The minimum absolute atomic E-state index is 0.0999. The van der Waals surface area contributed by atoms with Crippen LogP contribution in [0.15, 0.2) is 12.3 Å². The van der Waals surface area contributed by atoms with Crippen molar-refractivity contribution in [1.29, 1.82) is 0 Å². The molecule has 2 aliphatic rings. The van der Waals surface area contributed by atoms with Crippen molar-refractivity contribution in [3.05, 3.63) is 18.0 Å². The van der Waals surface area contributed by atoms with Gasteiger partial charge in [0.15, 0.2) is 0 Å². The Morgan fingerprint density at radius 1 is 1.39 bits per heavy atom. The molecule has 1 N–H and O–H groups in total. The predicted octanol–water partition coefficient (Wildman–Crippen LogP) is 1.82. The Bertz CT molecular complexity index is 562. The summed E-state index contributed by atoms with van der Waals surface area (Å²) in [6, 6.07) is 1.88. The molecule has 0 atom stereocenters. The molecule has 98 valence electrons. The maximum atomic E-state index is 11.8. The van der Waals surface area contributed by atoms with E-state index in [9.17, 15) is 8.42 Å². The number of nitrogens with one attached hydrogen (secondary N) is 1. The fraction of sp³-hybridized carbons (Fsp3) is 0.667. The number of aromatic nitrogens is 2. The molecule has 0 radical (unpaired) electrons. The monoisotopic (exact) mass is 267 g/mol.